The van der Waals surface area contributed by atoms with Gasteiger partial charge in [0.25, 0.3) is 0 Å². The molecule has 1 unspecified atom stereocenters. The molecule has 1 aliphatic rings. The fourth-order valence-electron chi connectivity index (χ4n) is 5.58. The minimum Gasteiger partial charge on any atom is -0.485 e. The molecular weight excluding hydrogens is 442 g/mol. The highest BCUT2D eigenvalue weighted by atomic mass is 28.3. The summed E-state index contributed by atoms with van der Waals surface area (Å²) in [6.07, 6.45) is 10.3. The molecule has 1 heterocycles. The second kappa shape index (κ2) is 12.9. The Balaban J connectivity index is 1.60. The van der Waals surface area contributed by atoms with Crippen LogP contribution in [0.15, 0.2) is 36.4 Å². The lowest BCUT2D eigenvalue weighted by molar-refractivity contribution is 0.188. The van der Waals surface area contributed by atoms with Crippen molar-refractivity contribution in [2.45, 2.75) is 115 Å². The van der Waals surface area contributed by atoms with Crippen LogP contribution in [0.4, 0.5) is 8.78 Å². The van der Waals surface area contributed by atoms with E-state index in [0.717, 1.165) is 24.8 Å². The van der Waals surface area contributed by atoms with E-state index in [-0.39, 0.29) is 11.9 Å². The molecule has 0 saturated carbocycles. The molecule has 4 heteroatoms. The van der Waals surface area contributed by atoms with Crippen LogP contribution in [0, 0.1) is 11.6 Å². The van der Waals surface area contributed by atoms with Gasteiger partial charge in [-0.05, 0) is 67.3 Å². The Morgan fingerprint density at radius 2 is 1.50 bits per heavy atom. The van der Waals surface area contributed by atoms with E-state index in [1.807, 2.05) is 19.1 Å². The summed E-state index contributed by atoms with van der Waals surface area (Å²) < 4.78 is 35.2. The van der Waals surface area contributed by atoms with E-state index in [9.17, 15) is 8.78 Å². The average Bonchev–Trinajstić information content (AvgIpc) is 2.82. The maximum atomic E-state index is 14.8. The largest absolute Gasteiger partial charge is 0.485 e. The van der Waals surface area contributed by atoms with Gasteiger partial charge in [0.15, 0.2) is 17.4 Å². The van der Waals surface area contributed by atoms with E-state index in [2.05, 4.69) is 32.5 Å². The van der Waals surface area contributed by atoms with Crippen LogP contribution in [0.3, 0.4) is 0 Å². The first-order valence-corrected chi connectivity index (χ1v) is 16.7. The van der Waals surface area contributed by atoms with E-state index in [1.165, 1.54) is 74.4 Å². The Morgan fingerprint density at radius 3 is 2.09 bits per heavy atom. The van der Waals surface area contributed by atoms with Gasteiger partial charge in [-0.15, -0.1) is 0 Å². The molecule has 0 aromatic heterocycles. The monoisotopic (exact) mass is 486 g/mol. The van der Waals surface area contributed by atoms with Crippen molar-refractivity contribution in [3.63, 3.8) is 0 Å². The van der Waals surface area contributed by atoms with Gasteiger partial charge in [0.2, 0.25) is 0 Å². The second-order valence-electron chi connectivity index (χ2n) is 10.9. The molecule has 3 rings (SSSR count). The maximum Gasteiger partial charge on any atom is 0.191 e. The molecule has 1 aliphatic heterocycles. The molecule has 2 aromatic rings. The molecule has 0 spiro atoms. The van der Waals surface area contributed by atoms with Gasteiger partial charge in [0, 0.05) is 0 Å². The van der Waals surface area contributed by atoms with E-state index in [4.69, 9.17) is 4.74 Å². The summed E-state index contributed by atoms with van der Waals surface area (Å²) >= 11 is 0. The van der Waals surface area contributed by atoms with Crippen molar-refractivity contribution >= 4 is 8.07 Å². The summed E-state index contributed by atoms with van der Waals surface area (Å²) in [5.74, 6) is -0.865. The SMILES string of the molecule is CCCCCCCC(C)Oc1c(F)cc(-c2ccc(C3CC[Si](C)(CCC)CC3)cc2)cc1F. The van der Waals surface area contributed by atoms with E-state index < -0.39 is 19.7 Å². The van der Waals surface area contributed by atoms with Crippen molar-refractivity contribution in [3.05, 3.63) is 53.6 Å². The Hall–Kier alpha value is -1.68. The molecule has 1 fully saturated rings. The molecule has 1 nitrogen and oxygen atoms in total. The molecule has 0 N–H and O–H groups in total. The third-order valence-corrected chi connectivity index (χ3v) is 12.5. The normalized spacial score (nSPS) is 21.4. The molecule has 2 aromatic carbocycles. The molecule has 0 amide bonds. The summed E-state index contributed by atoms with van der Waals surface area (Å²) in [6.45, 7) is 8.96. The first-order valence-electron chi connectivity index (χ1n) is 13.6. The zero-order chi connectivity index (χ0) is 24.6. The first-order chi connectivity index (χ1) is 16.3. The van der Waals surface area contributed by atoms with Crippen molar-refractivity contribution in [1.29, 1.82) is 0 Å². The van der Waals surface area contributed by atoms with Gasteiger partial charge in [0.1, 0.15) is 0 Å². The van der Waals surface area contributed by atoms with Crippen LogP contribution in [-0.2, 0) is 0 Å². The fraction of sp³-hybridized carbons (Fsp3) is 0.600. The van der Waals surface area contributed by atoms with Gasteiger partial charge >= 0.3 is 0 Å². The van der Waals surface area contributed by atoms with Crippen LogP contribution >= 0.6 is 0 Å². The number of unbranched alkanes of at least 4 members (excludes halogenated alkanes) is 4. The van der Waals surface area contributed by atoms with Crippen LogP contribution in [0.5, 0.6) is 5.75 Å². The van der Waals surface area contributed by atoms with Crippen LogP contribution in [-0.4, -0.2) is 14.2 Å². The lowest BCUT2D eigenvalue weighted by Gasteiger charge is -2.36. The number of benzene rings is 2. The van der Waals surface area contributed by atoms with Gasteiger partial charge in [0.05, 0.1) is 14.2 Å². The van der Waals surface area contributed by atoms with Gasteiger partial charge in [-0.1, -0.05) is 94.9 Å². The second-order valence-corrected chi connectivity index (χ2v) is 16.0. The topological polar surface area (TPSA) is 9.23 Å². The van der Waals surface area contributed by atoms with Gasteiger partial charge < -0.3 is 4.74 Å². The zero-order valence-electron chi connectivity index (χ0n) is 21.8. The minimum absolute atomic E-state index is 0.200. The highest BCUT2D eigenvalue weighted by molar-refractivity contribution is 6.78. The number of hydrogen-bond acceptors (Lipinski definition) is 1. The zero-order valence-corrected chi connectivity index (χ0v) is 22.8. The molecular formula is C30H44F2OSi. The van der Waals surface area contributed by atoms with Crippen molar-refractivity contribution in [2.24, 2.45) is 0 Å². The van der Waals surface area contributed by atoms with Crippen LogP contribution in [0.25, 0.3) is 11.1 Å². The Kier molecular flexibility index (Phi) is 10.2. The van der Waals surface area contributed by atoms with Gasteiger partial charge in [-0.3, -0.25) is 0 Å². The Labute approximate surface area is 207 Å². The van der Waals surface area contributed by atoms with Crippen LogP contribution < -0.4 is 4.74 Å². The highest BCUT2D eigenvalue weighted by Crippen LogP contribution is 2.41. The molecule has 1 atom stereocenters. The van der Waals surface area contributed by atoms with E-state index in [1.54, 1.807) is 0 Å². The Morgan fingerprint density at radius 1 is 0.882 bits per heavy atom. The minimum atomic E-state index is -1.01. The predicted molar refractivity (Wildman–Crippen MR) is 144 cm³/mol. The molecule has 34 heavy (non-hydrogen) atoms. The third kappa shape index (κ3) is 7.41. The smallest absolute Gasteiger partial charge is 0.191 e. The first kappa shape index (κ1) is 26.9. The lowest BCUT2D eigenvalue weighted by Crippen LogP contribution is -2.33. The van der Waals surface area contributed by atoms with Gasteiger partial charge in [-0.2, -0.15) is 0 Å². The van der Waals surface area contributed by atoms with Crippen LogP contribution in [0.1, 0.15) is 90.0 Å². The maximum absolute atomic E-state index is 14.8. The number of ether oxygens (including phenoxy) is 1. The fourth-order valence-corrected chi connectivity index (χ4v) is 9.63. The highest BCUT2D eigenvalue weighted by Gasteiger charge is 2.32. The predicted octanol–water partition coefficient (Wildman–Crippen LogP) is 10.1. The van der Waals surface area contributed by atoms with Crippen molar-refractivity contribution in [1.82, 2.24) is 0 Å². The Bertz CT molecular complexity index is 864. The molecule has 0 aliphatic carbocycles. The number of halogens is 2. The summed E-state index contributed by atoms with van der Waals surface area (Å²) in [7, 11) is -1.01. The number of rotatable bonds is 12. The lowest BCUT2D eigenvalue weighted by atomic mass is 9.92. The molecule has 0 bridgehead atoms. The summed E-state index contributed by atoms with van der Waals surface area (Å²) in [5.41, 5.74) is 2.77. The van der Waals surface area contributed by atoms with Gasteiger partial charge in [-0.25, -0.2) is 8.78 Å². The van der Waals surface area contributed by atoms with Crippen molar-refractivity contribution < 1.29 is 13.5 Å². The number of hydrogen-bond donors (Lipinski definition) is 0. The van der Waals surface area contributed by atoms with E-state index >= 15 is 0 Å². The quantitative estimate of drug-likeness (QED) is 0.214. The summed E-state index contributed by atoms with van der Waals surface area (Å²) in [5, 5.41) is 0. The van der Waals surface area contributed by atoms with Crippen molar-refractivity contribution in [2.75, 3.05) is 0 Å². The molecule has 188 valence electrons. The van der Waals surface area contributed by atoms with E-state index in [0.29, 0.717) is 11.5 Å². The molecule has 1 saturated heterocycles. The molecule has 0 radical (unpaired) electrons. The standard InChI is InChI=1S/C30H44F2OSi/c1-5-7-8-9-10-11-23(3)33-30-28(31)21-27(22-29(30)32)25-14-12-24(13-15-25)26-16-19-34(4,18-6-2)20-17-26/h12-15,21-23,26H,5-11,16-20H2,1-4H3. The average molecular weight is 487 g/mol. The van der Waals surface area contributed by atoms with Crippen molar-refractivity contribution in [3.8, 4) is 16.9 Å². The summed E-state index contributed by atoms with van der Waals surface area (Å²) in [6, 6.07) is 15.4. The summed E-state index contributed by atoms with van der Waals surface area (Å²) in [4.78, 5) is 0. The van der Waals surface area contributed by atoms with Crippen LogP contribution in [0.2, 0.25) is 24.7 Å². The third-order valence-electron chi connectivity index (χ3n) is 7.79.